The summed E-state index contributed by atoms with van der Waals surface area (Å²) in [6.07, 6.45) is 9.17. The number of carbonyl (C=O) groups excluding carboxylic acids is 1. The number of esters is 1. The van der Waals surface area contributed by atoms with Gasteiger partial charge in [-0.2, -0.15) is 0 Å². The van der Waals surface area contributed by atoms with Crippen LogP contribution in [0.2, 0.25) is 0 Å². The van der Waals surface area contributed by atoms with Crippen LogP contribution in [0.4, 0.5) is 0 Å². The van der Waals surface area contributed by atoms with Gasteiger partial charge in [-0.1, -0.05) is 45.1 Å². The second-order valence-electron chi connectivity index (χ2n) is 7.78. The van der Waals surface area contributed by atoms with Gasteiger partial charge < -0.3 is 37.9 Å². The van der Waals surface area contributed by atoms with E-state index in [0.29, 0.717) is 106 Å². The Labute approximate surface area is 212 Å². The Balaban J connectivity index is 3.09. The minimum absolute atomic E-state index is 0.138. The molecule has 0 aromatic rings. The molecule has 9 nitrogen and oxygen atoms in total. The van der Waals surface area contributed by atoms with Crippen molar-refractivity contribution in [2.75, 3.05) is 99.1 Å². The number of rotatable bonds is 30. The van der Waals surface area contributed by atoms with Crippen molar-refractivity contribution in [3.8, 4) is 0 Å². The summed E-state index contributed by atoms with van der Waals surface area (Å²) < 4.78 is 42.8. The zero-order valence-corrected chi connectivity index (χ0v) is 22.0. The first kappa shape index (κ1) is 33.9. The highest BCUT2D eigenvalue weighted by molar-refractivity contribution is 5.69. The van der Waals surface area contributed by atoms with E-state index in [4.69, 9.17) is 37.9 Å². The van der Waals surface area contributed by atoms with Gasteiger partial charge in [-0.15, -0.1) is 6.58 Å². The molecule has 0 bridgehead atoms. The molecular formula is C26H50O9. The maximum Gasteiger partial charge on any atom is 0.305 e. The molecule has 0 unspecified atom stereocenters. The predicted molar refractivity (Wildman–Crippen MR) is 135 cm³/mol. The second-order valence-corrected chi connectivity index (χ2v) is 7.78. The first-order valence-corrected chi connectivity index (χ1v) is 13.1. The van der Waals surface area contributed by atoms with Crippen LogP contribution < -0.4 is 0 Å². The van der Waals surface area contributed by atoms with Gasteiger partial charge in [-0.25, -0.2) is 0 Å². The molecule has 0 spiro atoms. The highest BCUT2D eigenvalue weighted by Crippen LogP contribution is 2.07. The summed E-state index contributed by atoms with van der Waals surface area (Å²) in [6, 6.07) is 0. The average molecular weight is 507 g/mol. The van der Waals surface area contributed by atoms with Crippen LogP contribution in [0, 0.1) is 0 Å². The molecule has 0 saturated heterocycles. The van der Waals surface area contributed by atoms with Crippen LogP contribution in [-0.4, -0.2) is 105 Å². The molecule has 208 valence electrons. The van der Waals surface area contributed by atoms with Gasteiger partial charge in [0.2, 0.25) is 0 Å². The number of ether oxygens (including phenoxy) is 8. The number of hydrogen-bond donors (Lipinski definition) is 0. The summed E-state index contributed by atoms with van der Waals surface area (Å²) in [6.45, 7) is 13.2. The number of hydrogen-bond acceptors (Lipinski definition) is 9. The van der Waals surface area contributed by atoms with E-state index in [1.54, 1.807) is 6.08 Å². The second kappa shape index (κ2) is 31.0. The monoisotopic (exact) mass is 506 g/mol. The molecular weight excluding hydrogens is 456 g/mol. The standard InChI is InChI=1S/C26H50O9/c1-3-5-6-7-8-9-10-26(27)35-25-24-34-23-22-33-21-20-32-19-18-31-17-16-30-15-14-29-13-12-28-11-4-2/h4H,2-3,5-25H2,1H3. The topological polar surface area (TPSA) is 90.9 Å². The van der Waals surface area contributed by atoms with Crippen LogP contribution in [0.15, 0.2) is 12.7 Å². The summed E-state index contributed by atoms with van der Waals surface area (Å²) in [5.74, 6) is -0.138. The minimum atomic E-state index is -0.138. The van der Waals surface area contributed by atoms with E-state index < -0.39 is 0 Å². The third-order valence-corrected chi connectivity index (χ3v) is 4.69. The molecule has 0 aromatic carbocycles. The van der Waals surface area contributed by atoms with Crippen LogP contribution >= 0.6 is 0 Å². The quantitative estimate of drug-likeness (QED) is 0.0823. The molecule has 0 heterocycles. The van der Waals surface area contributed by atoms with E-state index in [1.807, 2.05) is 0 Å². The van der Waals surface area contributed by atoms with Crippen molar-refractivity contribution in [3.05, 3.63) is 12.7 Å². The maximum atomic E-state index is 11.6. The zero-order valence-electron chi connectivity index (χ0n) is 22.0. The van der Waals surface area contributed by atoms with Crippen molar-refractivity contribution >= 4 is 5.97 Å². The van der Waals surface area contributed by atoms with Crippen molar-refractivity contribution < 1.29 is 42.7 Å². The van der Waals surface area contributed by atoms with Crippen molar-refractivity contribution in [1.29, 1.82) is 0 Å². The normalized spacial score (nSPS) is 11.1. The van der Waals surface area contributed by atoms with Gasteiger partial charge in [0.15, 0.2) is 0 Å². The third-order valence-electron chi connectivity index (χ3n) is 4.69. The van der Waals surface area contributed by atoms with Crippen molar-refractivity contribution in [3.63, 3.8) is 0 Å². The lowest BCUT2D eigenvalue weighted by Crippen LogP contribution is -2.15. The lowest BCUT2D eigenvalue weighted by atomic mass is 10.1. The highest BCUT2D eigenvalue weighted by atomic mass is 16.6. The summed E-state index contributed by atoms with van der Waals surface area (Å²) in [5.41, 5.74) is 0. The highest BCUT2D eigenvalue weighted by Gasteiger charge is 2.02. The van der Waals surface area contributed by atoms with Gasteiger partial charge in [-0.3, -0.25) is 4.79 Å². The summed E-state index contributed by atoms with van der Waals surface area (Å²) in [4.78, 5) is 11.6. The van der Waals surface area contributed by atoms with Crippen molar-refractivity contribution in [1.82, 2.24) is 0 Å². The van der Waals surface area contributed by atoms with Crippen LogP contribution in [0.5, 0.6) is 0 Å². The van der Waals surface area contributed by atoms with Crippen LogP contribution in [0.25, 0.3) is 0 Å². The Morgan fingerprint density at radius 3 is 1.34 bits per heavy atom. The van der Waals surface area contributed by atoms with Gasteiger partial charge in [-0.05, 0) is 6.42 Å². The fourth-order valence-electron chi connectivity index (χ4n) is 2.82. The molecule has 0 aliphatic carbocycles. The SMILES string of the molecule is C=CCOCCOCCOCCOCCOCCOCCOCCOC(=O)CCCCCCCC. The molecule has 9 heteroatoms. The Hall–Kier alpha value is -1.07. The molecule has 0 radical (unpaired) electrons. The Morgan fingerprint density at radius 1 is 0.543 bits per heavy atom. The van der Waals surface area contributed by atoms with Crippen molar-refractivity contribution in [2.24, 2.45) is 0 Å². The molecule has 0 saturated carbocycles. The molecule has 0 aromatic heterocycles. The Morgan fingerprint density at radius 2 is 0.914 bits per heavy atom. The molecule has 0 aliphatic rings. The summed E-state index contributed by atoms with van der Waals surface area (Å²) in [7, 11) is 0. The lowest BCUT2D eigenvalue weighted by Gasteiger charge is -2.08. The fourth-order valence-corrected chi connectivity index (χ4v) is 2.82. The smallest absolute Gasteiger partial charge is 0.305 e. The first-order chi connectivity index (χ1) is 17.3. The minimum Gasteiger partial charge on any atom is -0.463 e. The molecule has 0 N–H and O–H groups in total. The Kier molecular flexibility index (Phi) is 30.0. The van der Waals surface area contributed by atoms with E-state index in [9.17, 15) is 4.79 Å². The summed E-state index contributed by atoms with van der Waals surface area (Å²) >= 11 is 0. The average Bonchev–Trinajstić information content (AvgIpc) is 2.86. The predicted octanol–water partition coefficient (Wildman–Crippen LogP) is 3.58. The largest absolute Gasteiger partial charge is 0.463 e. The van der Waals surface area contributed by atoms with E-state index in [-0.39, 0.29) is 5.97 Å². The molecule has 0 fully saturated rings. The van der Waals surface area contributed by atoms with Gasteiger partial charge >= 0.3 is 5.97 Å². The van der Waals surface area contributed by atoms with Crippen LogP contribution in [0.3, 0.4) is 0 Å². The van der Waals surface area contributed by atoms with Crippen LogP contribution in [-0.2, 0) is 42.7 Å². The zero-order chi connectivity index (χ0) is 25.5. The summed E-state index contributed by atoms with van der Waals surface area (Å²) in [5, 5.41) is 0. The number of carbonyl (C=O) groups is 1. The van der Waals surface area contributed by atoms with Gasteiger partial charge in [0, 0.05) is 6.42 Å². The Bertz CT molecular complexity index is 435. The third kappa shape index (κ3) is 30.9. The van der Waals surface area contributed by atoms with E-state index >= 15 is 0 Å². The van der Waals surface area contributed by atoms with Crippen molar-refractivity contribution in [2.45, 2.75) is 51.9 Å². The maximum absolute atomic E-state index is 11.6. The van der Waals surface area contributed by atoms with E-state index in [2.05, 4.69) is 13.5 Å². The first-order valence-electron chi connectivity index (χ1n) is 13.1. The number of unbranched alkanes of at least 4 members (excludes halogenated alkanes) is 5. The molecule has 0 atom stereocenters. The van der Waals surface area contributed by atoms with Crippen LogP contribution in [0.1, 0.15) is 51.9 Å². The van der Waals surface area contributed by atoms with Gasteiger partial charge in [0.1, 0.15) is 6.61 Å². The lowest BCUT2D eigenvalue weighted by molar-refractivity contribution is -0.145. The fraction of sp³-hybridized carbons (Fsp3) is 0.885. The molecule has 0 amide bonds. The van der Waals surface area contributed by atoms with E-state index in [0.717, 1.165) is 12.8 Å². The van der Waals surface area contributed by atoms with Gasteiger partial charge in [0.25, 0.3) is 0 Å². The van der Waals surface area contributed by atoms with E-state index in [1.165, 1.54) is 25.7 Å². The molecule has 0 rings (SSSR count). The molecule has 0 aliphatic heterocycles. The molecule has 35 heavy (non-hydrogen) atoms. The van der Waals surface area contributed by atoms with Gasteiger partial charge in [0.05, 0.1) is 92.5 Å².